The third-order valence-electron chi connectivity index (χ3n) is 2.82. The summed E-state index contributed by atoms with van der Waals surface area (Å²) < 4.78 is 5.11. The zero-order chi connectivity index (χ0) is 12.8. The minimum atomic E-state index is -0.321. The van der Waals surface area contributed by atoms with Gasteiger partial charge >= 0.3 is 0 Å². The fraction of sp³-hybridized carbons (Fsp3) is 0.357. The molecule has 0 spiro atoms. The lowest BCUT2D eigenvalue weighted by Crippen LogP contribution is -2.11. The topological polar surface area (TPSA) is 42.4 Å². The maximum Gasteiger partial charge on any atom is 0.118 e. The van der Waals surface area contributed by atoms with Crippen molar-refractivity contribution in [2.45, 2.75) is 25.4 Å². The summed E-state index contributed by atoms with van der Waals surface area (Å²) in [7, 11) is 1.66. The Morgan fingerprint density at radius 2 is 2.11 bits per heavy atom. The molecular formula is C14H17NO2S. The van der Waals surface area contributed by atoms with Crippen molar-refractivity contribution in [3.63, 3.8) is 0 Å². The molecule has 96 valence electrons. The first-order valence-corrected chi connectivity index (χ1v) is 6.85. The SMILES string of the molecule is COc1ccc(CCC(O)Cc2nccs2)cc1. The minimum absolute atomic E-state index is 0.321. The fourth-order valence-corrected chi connectivity index (χ4v) is 2.47. The Kier molecular flexibility index (Phi) is 4.73. The summed E-state index contributed by atoms with van der Waals surface area (Å²) >= 11 is 1.59. The van der Waals surface area contributed by atoms with Gasteiger partial charge in [0.2, 0.25) is 0 Å². The summed E-state index contributed by atoms with van der Waals surface area (Å²) in [5.41, 5.74) is 1.22. The summed E-state index contributed by atoms with van der Waals surface area (Å²) in [6, 6.07) is 7.97. The third-order valence-corrected chi connectivity index (χ3v) is 3.62. The first-order valence-electron chi connectivity index (χ1n) is 5.97. The Labute approximate surface area is 111 Å². The molecule has 1 heterocycles. The van der Waals surface area contributed by atoms with Gasteiger partial charge in [-0.2, -0.15) is 0 Å². The Balaban J connectivity index is 1.79. The molecule has 0 saturated carbocycles. The average molecular weight is 263 g/mol. The molecule has 0 amide bonds. The van der Waals surface area contributed by atoms with Gasteiger partial charge < -0.3 is 9.84 Å². The van der Waals surface area contributed by atoms with Gasteiger partial charge in [-0.15, -0.1) is 11.3 Å². The van der Waals surface area contributed by atoms with Crippen LogP contribution in [-0.4, -0.2) is 23.3 Å². The van der Waals surface area contributed by atoms with Crippen LogP contribution in [0.5, 0.6) is 5.75 Å². The van der Waals surface area contributed by atoms with E-state index in [1.54, 1.807) is 24.6 Å². The fourth-order valence-electron chi connectivity index (χ4n) is 1.78. The highest BCUT2D eigenvalue weighted by Crippen LogP contribution is 2.15. The summed E-state index contributed by atoms with van der Waals surface area (Å²) in [4.78, 5) is 4.18. The van der Waals surface area contributed by atoms with Gasteiger partial charge in [-0.05, 0) is 30.5 Å². The van der Waals surface area contributed by atoms with Gasteiger partial charge in [0.1, 0.15) is 5.75 Å². The van der Waals surface area contributed by atoms with E-state index >= 15 is 0 Å². The number of aryl methyl sites for hydroxylation is 1. The van der Waals surface area contributed by atoms with Crippen molar-refractivity contribution in [2.24, 2.45) is 0 Å². The predicted molar refractivity (Wildman–Crippen MR) is 73.1 cm³/mol. The molecule has 1 atom stereocenters. The molecule has 0 aliphatic rings. The predicted octanol–water partition coefficient (Wildman–Crippen LogP) is 2.69. The van der Waals surface area contributed by atoms with E-state index < -0.39 is 0 Å². The second-order valence-electron chi connectivity index (χ2n) is 4.17. The number of methoxy groups -OCH3 is 1. The van der Waals surface area contributed by atoms with E-state index in [1.165, 1.54) is 5.56 Å². The van der Waals surface area contributed by atoms with Gasteiger partial charge in [0, 0.05) is 18.0 Å². The van der Waals surface area contributed by atoms with Gasteiger partial charge in [0.05, 0.1) is 18.2 Å². The summed E-state index contributed by atoms with van der Waals surface area (Å²) in [5, 5.41) is 12.9. The molecular weight excluding hydrogens is 246 g/mol. The van der Waals surface area contributed by atoms with Crippen LogP contribution in [0.25, 0.3) is 0 Å². The first-order chi connectivity index (χ1) is 8.78. The number of hydrogen-bond donors (Lipinski definition) is 1. The van der Waals surface area contributed by atoms with Gasteiger partial charge in [0.25, 0.3) is 0 Å². The molecule has 0 fully saturated rings. The summed E-state index contributed by atoms with van der Waals surface area (Å²) in [6.45, 7) is 0. The van der Waals surface area contributed by atoms with Crippen LogP contribution in [-0.2, 0) is 12.8 Å². The van der Waals surface area contributed by atoms with E-state index in [2.05, 4.69) is 4.98 Å². The Hall–Kier alpha value is -1.39. The molecule has 0 bridgehead atoms. The molecule has 1 aromatic carbocycles. The van der Waals surface area contributed by atoms with E-state index in [4.69, 9.17) is 4.74 Å². The summed E-state index contributed by atoms with van der Waals surface area (Å²) in [5.74, 6) is 0.863. The molecule has 1 unspecified atom stereocenters. The van der Waals surface area contributed by atoms with E-state index in [0.29, 0.717) is 6.42 Å². The molecule has 1 aromatic heterocycles. The zero-order valence-corrected chi connectivity index (χ0v) is 11.2. The molecule has 3 nitrogen and oxygen atoms in total. The maximum absolute atomic E-state index is 9.93. The number of rotatable bonds is 6. The molecule has 18 heavy (non-hydrogen) atoms. The number of hydrogen-bond acceptors (Lipinski definition) is 4. The smallest absolute Gasteiger partial charge is 0.118 e. The molecule has 2 rings (SSSR count). The molecule has 0 saturated heterocycles. The lowest BCUT2D eigenvalue weighted by Gasteiger charge is -2.09. The van der Waals surface area contributed by atoms with Gasteiger partial charge in [0.15, 0.2) is 0 Å². The number of ether oxygens (including phenoxy) is 1. The molecule has 1 N–H and O–H groups in total. The van der Waals surface area contributed by atoms with Crippen molar-refractivity contribution in [3.8, 4) is 5.75 Å². The summed E-state index contributed by atoms with van der Waals surface area (Å²) in [6.07, 6.45) is 3.73. The monoisotopic (exact) mass is 263 g/mol. The van der Waals surface area contributed by atoms with E-state index in [-0.39, 0.29) is 6.10 Å². The highest BCUT2D eigenvalue weighted by atomic mass is 32.1. The highest BCUT2D eigenvalue weighted by Gasteiger charge is 2.07. The quantitative estimate of drug-likeness (QED) is 0.871. The lowest BCUT2D eigenvalue weighted by molar-refractivity contribution is 0.165. The molecule has 4 heteroatoms. The van der Waals surface area contributed by atoms with Gasteiger partial charge in [-0.1, -0.05) is 12.1 Å². The van der Waals surface area contributed by atoms with E-state index in [9.17, 15) is 5.11 Å². The lowest BCUT2D eigenvalue weighted by atomic mass is 10.1. The van der Waals surface area contributed by atoms with Crippen molar-refractivity contribution in [2.75, 3.05) is 7.11 Å². The van der Waals surface area contributed by atoms with Crippen LogP contribution < -0.4 is 4.74 Å². The van der Waals surface area contributed by atoms with Crippen LogP contribution in [0.1, 0.15) is 17.0 Å². The zero-order valence-electron chi connectivity index (χ0n) is 10.4. The van der Waals surface area contributed by atoms with Crippen molar-refractivity contribution in [3.05, 3.63) is 46.4 Å². The third kappa shape index (κ3) is 3.82. The molecule has 0 aliphatic heterocycles. The normalized spacial score (nSPS) is 12.3. The number of thiazole rings is 1. The van der Waals surface area contributed by atoms with Crippen LogP contribution >= 0.6 is 11.3 Å². The van der Waals surface area contributed by atoms with Crippen LogP contribution in [0.15, 0.2) is 35.8 Å². The van der Waals surface area contributed by atoms with Crippen molar-refractivity contribution >= 4 is 11.3 Å². The number of benzene rings is 1. The number of aliphatic hydroxyl groups excluding tert-OH is 1. The van der Waals surface area contributed by atoms with Gasteiger partial charge in [-0.3, -0.25) is 0 Å². The molecule has 0 radical (unpaired) electrons. The van der Waals surface area contributed by atoms with Crippen molar-refractivity contribution < 1.29 is 9.84 Å². The first kappa shape index (κ1) is 13.1. The molecule has 0 aliphatic carbocycles. The van der Waals surface area contributed by atoms with Crippen LogP contribution in [0.3, 0.4) is 0 Å². The minimum Gasteiger partial charge on any atom is -0.497 e. The van der Waals surface area contributed by atoms with Gasteiger partial charge in [-0.25, -0.2) is 4.98 Å². The average Bonchev–Trinajstić information content (AvgIpc) is 2.90. The second kappa shape index (κ2) is 6.52. The van der Waals surface area contributed by atoms with Crippen molar-refractivity contribution in [1.82, 2.24) is 4.98 Å². The van der Waals surface area contributed by atoms with Crippen LogP contribution in [0.2, 0.25) is 0 Å². The van der Waals surface area contributed by atoms with E-state index in [1.807, 2.05) is 29.6 Å². The van der Waals surface area contributed by atoms with Crippen LogP contribution in [0.4, 0.5) is 0 Å². The maximum atomic E-state index is 9.93. The van der Waals surface area contributed by atoms with Crippen LogP contribution in [0, 0.1) is 0 Å². The Morgan fingerprint density at radius 1 is 1.33 bits per heavy atom. The highest BCUT2D eigenvalue weighted by molar-refractivity contribution is 7.09. The van der Waals surface area contributed by atoms with Crippen molar-refractivity contribution in [1.29, 1.82) is 0 Å². The number of aliphatic hydroxyl groups is 1. The number of nitrogens with zero attached hydrogens (tertiary/aromatic N) is 1. The number of aromatic nitrogens is 1. The Bertz CT molecular complexity index is 453. The Morgan fingerprint density at radius 3 is 2.72 bits per heavy atom. The van der Waals surface area contributed by atoms with E-state index in [0.717, 1.165) is 23.6 Å². The second-order valence-corrected chi connectivity index (χ2v) is 5.15. The standard InChI is InChI=1S/C14H17NO2S/c1-17-13-6-3-11(4-7-13)2-5-12(16)10-14-15-8-9-18-14/h3-4,6-9,12,16H,2,5,10H2,1H3. The largest absolute Gasteiger partial charge is 0.497 e. The molecule has 2 aromatic rings.